The number of nitrogens with zero attached hydrogens (tertiary/aromatic N) is 1. The zero-order valence-electron chi connectivity index (χ0n) is 24.8. The summed E-state index contributed by atoms with van der Waals surface area (Å²) >= 11 is 0. The minimum absolute atomic E-state index is 0.237. The van der Waals surface area contributed by atoms with Crippen molar-refractivity contribution in [1.82, 2.24) is 10.2 Å². The first-order valence-corrected chi connectivity index (χ1v) is 13.5. The number of likely N-dealkylation sites (N-methyl/N-ethyl adjacent to an activating group) is 1. The van der Waals surface area contributed by atoms with E-state index in [0.29, 0.717) is 0 Å². The minimum atomic E-state index is -0.956. The van der Waals surface area contributed by atoms with Gasteiger partial charge in [-0.2, -0.15) is 0 Å². The number of benzene rings is 3. The van der Waals surface area contributed by atoms with Gasteiger partial charge >= 0.3 is 6.09 Å². The number of hydrogen-bond donors (Lipinski definition) is 2. The first-order chi connectivity index (χ1) is 18.8. The standard InChI is InChI=1S/C33H41N3O4/c1-21-17-18-22(2)26(19-21)29(30(37)35-28-23(3)13-12-14-24(28)4)36(8)31(38)27(20-25-15-10-9-11-16-25)34-32(39)40-33(5,6)7/h9-19,27,29H,20H2,1-8H3,(H,34,39)(H,35,37). The number of carbonyl (C=O) groups excluding carboxylic acids is 3. The van der Waals surface area contributed by atoms with Crippen LogP contribution in [0.2, 0.25) is 0 Å². The number of aryl methyl sites for hydroxylation is 4. The van der Waals surface area contributed by atoms with E-state index in [9.17, 15) is 14.4 Å². The van der Waals surface area contributed by atoms with Gasteiger partial charge in [-0.15, -0.1) is 0 Å². The molecule has 3 aromatic rings. The average Bonchev–Trinajstić information content (AvgIpc) is 2.87. The van der Waals surface area contributed by atoms with Gasteiger partial charge in [0.2, 0.25) is 5.91 Å². The van der Waals surface area contributed by atoms with Gasteiger partial charge in [-0.1, -0.05) is 72.3 Å². The van der Waals surface area contributed by atoms with Crippen LogP contribution < -0.4 is 10.6 Å². The molecule has 3 aromatic carbocycles. The van der Waals surface area contributed by atoms with Crippen LogP contribution in [0.5, 0.6) is 0 Å². The average molecular weight is 544 g/mol. The highest BCUT2D eigenvalue weighted by molar-refractivity contribution is 6.00. The number of para-hydroxylation sites is 1. The van der Waals surface area contributed by atoms with Crippen LogP contribution in [0, 0.1) is 27.7 Å². The van der Waals surface area contributed by atoms with Gasteiger partial charge in [-0.3, -0.25) is 9.59 Å². The van der Waals surface area contributed by atoms with E-state index in [1.807, 2.05) is 94.4 Å². The largest absolute Gasteiger partial charge is 0.444 e. The molecule has 212 valence electrons. The zero-order valence-corrected chi connectivity index (χ0v) is 24.8. The second-order valence-electron chi connectivity index (χ2n) is 11.4. The quantitative estimate of drug-likeness (QED) is 0.354. The van der Waals surface area contributed by atoms with E-state index >= 15 is 0 Å². The number of hydrogen-bond acceptors (Lipinski definition) is 4. The fourth-order valence-corrected chi connectivity index (χ4v) is 4.66. The van der Waals surface area contributed by atoms with Crippen molar-refractivity contribution in [3.8, 4) is 0 Å². The normalized spacial score (nSPS) is 12.7. The van der Waals surface area contributed by atoms with Crippen molar-refractivity contribution in [2.24, 2.45) is 0 Å². The fraction of sp³-hybridized carbons (Fsp3) is 0.364. The Morgan fingerprint density at radius 3 is 2.08 bits per heavy atom. The van der Waals surface area contributed by atoms with Crippen LogP contribution in [0.3, 0.4) is 0 Å². The summed E-state index contributed by atoms with van der Waals surface area (Å²) in [6, 6.07) is 19.2. The molecule has 0 aliphatic heterocycles. The van der Waals surface area contributed by atoms with Crippen molar-refractivity contribution in [2.75, 3.05) is 12.4 Å². The molecule has 0 saturated heterocycles. The molecule has 0 aliphatic carbocycles. The predicted molar refractivity (Wildman–Crippen MR) is 159 cm³/mol. The summed E-state index contributed by atoms with van der Waals surface area (Å²) < 4.78 is 5.47. The third kappa shape index (κ3) is 7.94. The molecule has 0 saturated carbocycles. The third-order valence-corrected chi connectivity index (χ3v) is 6.71. The SMILES string of the molecule is Cc1ccc(C)c(C(C(=O)Nc2c(C)cccc2C)N(C)C(=O)C(Cc2ccccc2)NC(=O)OC(C)(C)C)c1. The van der Waals surface area contributed by atoms with Crippen molar-refractivity contribution < 1.29 is 19.1 Å². The molecular weight excluding hydrogens is 502 g/mol. The van der Waals surface area contributed by atoms with Gasteiger partial charge in [0.1, 0.15) is 17.7 Å². The van der Waals surface area contributed by atoms with Crippen LogP contribution in [0.4, 0.5) is 10.5 Å². The smallest absolute Gasteiger partial charge is 0.408 e. The Balaban J connectivity index is 2.02. The van der Waals surface area contributed by atoms with E-state index in [-0.39, 0.29) is 12.3 Å². The molecule has 0 fully saturated rings. The molecule has 2 N–H and O–H groups in total. The van der Waals surface area contributed by atoms with Crippen LogP contribution >= 0.6 is 0 Å². The Morgan fingerprint density at radius 2 is 1.48 bits per heavy atom. The molecule has 3 amide bonds. The maximum absolute atomic E-state index is 14.1. The highest BCUT2D eigenvalue weighted by Gasteiger charge is 2.35. The lowest BCUT2D eigenvalue weighted by Gasteiger charge is -2.33. The predicted octanol–water partition coefficient (Wildman–Crippen LogP) is 6.19. The van der Waals surface area contributed by atoms with Crippen LogP contribution in [-0.2, 0) is 20.7 Å². The summed E-state index contributed by atoms with van der Waals surface area (Å²) in [6.45, 7) is 13.0. The second kappa shape index (κ2) is 12.8. The number of nitrogens with one attached hydrogen (secondary N) is 2. The van der Waals surface area contributed by atoms with Crippen molar-refractivity contribution >= 4 is 23.6 Å². The zero-order chi connectivity index (χ0) is 29.6. The maximum Gasteiger partial charge on any atom is 0.408 e. The summed E-state index contributed by atoms with van der Waals surface area (Å²) in [7, 11) is 1.60. The Bertz CT molecular complexity index is 1340. The van der Waals surface area contributed by atoms with Gasteiger partial charge in [0.05, 0.1) is 0 Å². The summed E-state index contributed by atoms with van der Waals surface area (Å²) in [5.74, 6) is -0.741. The fourth-order valence-electron chi connectivity index (χ4n) is 4.66. The molecule has 0 heterocycles. The first-order valence-electron chi connectivity index (χ1n) is 13.5. The summed E-state index contributed by atoms with van der Waals surface area (Å²) in [6.07, 6.45) is -0.458. The number of alkyl carbamates (subject to hydrolysis) is 1. The monoisotopic (exact) mass is 543 g/mol. The molecular formula is C33H41N3O4. The maximum atomic E-state index is 14.1. The lowest BCUT2D eigenvalue weighted by molar-refractivity contribution is -0.139. The van der Waals surface area contributed by atoms with Gasteiger partial charge in [0, 0.05) is 19.2 Å². The summed E-state index contributed by atoms with van der Waals surface area (Å²) in [5, 5.41) is 5.83. The van der Waals surface area contributed by atoms with E-state index < -0.39 is 29.7 Å². The Hall–Kier alpha value is -4.13. The number of amides is 3. The highest BCUT2D eigenvalue weighted by atomic mass is 16.6. The molecule has 7 heteroatoms. The Morgan fingerprint density at radius 1 is 0.850 bits per heavy atom. The molecule has 0 radical (unpaired) electrons. The van der Waals surface area contributed by atoms with E-state index in [1.165, 1.54) is 4.90 Å². The van der Waals surface area contributed by atoms with Gasteiger partial charge in [-0.25, -0.2) is 4.79 Å². The molecule has 0 aromatic heterocycles. The van der Waals surface area contributed by atoms with Crippen LogP contribution in [0.15, 0.2) is 66.7 Å². The molecule has 0 bridgehead atoms. The summed E-state index contributed by atoms with van der Waals surface area (Å²) in [4.78, 5) is 42.3. The number of anilines is 1. The van der Waals surface area contributed by atoms with E-state index in [1.54, 1.807) is 27.8 Å². The van der Waals surface area contributed by atoms with Crippen LogP contribution in [0.25, 0.3) is 0 Å². The third-order valence-electron chi connectivity index (χ3n) is 6.71. The van der Waals surface area contributed by atoms with Crippen molar-refractivity contribution in [1.29, 1.82) is 0 Å². The van der Waals surface area contributed by atoms with Crippen LogP contribution in [0.1, 0.15) is 60.2 Å². The van der Waals surface area contributed by atoms with Gasteiger partial charge in [0.15, 0.2) is 0 Å². The molecule has 2 unspecified atom stereocenters. The van der Waals surface area contributed by atoms with Crippen molar-refractivity contribution in [3.05, 3.63) is 100 Å². The van der Waals surface area contributed by atoms with Gasteiger partial charge < -0.3 is 20.3 Å². The van der Waals surface area contributed by atoms with Crippen molar-refractivity contribution in [3.63, 3.8) is 0 Å². The Labute approximate surface area is 237 Å². The Kier molecular flexibility index (Phi) is 9.74. The first kappa shape index (κ1) is 30.4. The number of carbonyl (C=O) groups is 3. The van der Waals surface area contributed by atoms with Gasteiger partial charge in [-0.05, 0) is 76.3 Å². The number of ether oxygens (including phenoxy) is 1. The minimum Gasteiger partial charge on any atom is -0.444 e. The molecule has 3 rings (SSSR count). The molecule has 40 heavy (non-hydrogen) atoms. The molecule has 0 aliphatic rings. The lowest BCUT2D eigenvalue weighted by atomic mass is 9.95. The number of rotatable bonds is 8. The van der Waals surface area contributed by atoms with Gasteiger partial charge in [0.25, 0.3) is 5.91 Å². The topological polar surface area (TPSA) is 87.7 Å². The van der Waals surface area contributed by atoms with Crippen molar-refractivity contribution in [2.45, 2.75) is 72.6 Å². The lowest BCUT2D eigenvalue weighted by Crippen LogP contribution is -2.52. The molecule has 0 spiro atoms. The van der Waals surface area contributed by atoms with E-state index in [4.69, 9.17) is 4.74 Å². The summed E-state index contributed by atoms with van der Waals surface area (Å²) in [5.41, 5.74) is 5.28. The highest BCUT2D eigenvalue weighted by Crippen LogP contribution is 2.29. The van der Waals surface area contributed by atoms with Crippen LogP contribution in [-0.4, -0.2) is 41.5 Å². The van der Waals surface area contributed by atoms with E-state index in [2.05, 4.69) is 10.6 Å². The molecule has 2 atom stereocenters. The van der Waals surface area contributed by atoms with E-state index in [0.717, 1.165) is 39.1 Å². The second-order valence-corrected chi connectivity index (χ2v) is 11.4. The molecule has 7 nitrogen and oxygen atoms in total.